The summed E-state index contributed by atoms with van der Waals surface area (Å²) >= 11 is 0. The zero-order valence-electron chi connectivity index (χ0n) is 52.1. The molecule has 0 fully saturated rings. The van der Waals surface area contributed by atoms with Crippen LogP contribution in [0.1, 0.15) is 316 Å². The van der Waals surface area contributed by atoms with Gasteiger partial charge in [0.2, 0.25) is 0 Å². The summed E-state index contributed by atoms with van der Waals surface area (Å²) in [6.45, 7) is 4.82. The summed E-state index contributed by atoms with van der Waals surface area (Å²) in [5, 5.41) is 9.72. The molecule has 0 spiro atoms. The lowest BCUT2D eigenvalue weighted by molar-refractivity contribution is -0.870. The van der Waals surface area contributed by atoms with Crippen molar-refractivity contribution < 1.29 is 42.9 Å². The molecule has 0 rings (SSSR count). The van der Waals surface area contributed by atoms with E-state index in [0.717, 1.165) is 64.2 Å². The number of hydrogen-bond acceptors (Lipinski definition) is 7. The van der Waals surface area contributed by atoms with E-state index in [1.54, 1.807) is 0 Å². The fourth-order valence-electron chi connectivity index (χ4n) is 9.77. The quantitative estimate of drug-likeness (QED) is 0.0211. The Kier molecular flexibility index (Phi) is 58.2. The third-order valence-corrected chi connectivity index (χ3v) is 14.8. The molecule has 0 radical (unpaired) electrons. The summed E-state index contributed by atoms with van der Waals surface area (Å²) in [5.41, 5.74) is 0. The molecular weight excluding hydrogens is 971 g/mol. The van der Waals surface area contributed by atoms with Gasteiger partial charge in [0.25, 0.3) is 6.29 Å². The standard InChI is InChI=1S/C69H127NO8/c1-6-8-10-12-14-16-18-20-22-24-26-27-28-29-30-31-32-33-34-35-36-37-38-39-40-41-42-44-46-48-50-52-54-56-58-60-67(72)78-65(64-77-69(68(73)74)75-62-61-70(3,4)5)63-76-66(71)59-57-55-53-51-49-47-45-43-25-23-21-19-17-15-13-11-9-7-2/h8,10,14,16,20,22,26-27,65,69H,6-7,9,11-13,15,17-19,21,23-25,28-64H2,1-5H3/p+1/b10-8-,16-14-,22-20-,27-26-. The Hall–Kier alpha value is -2.75. The van der Waals surface area contributed by atoms with Crippen LogP contribution in [0.3, 0.4) is 0 Å². The highest BCUT2D eigenvalue weighted by Gasteiger charge is 2.25. The molecule has 0 aromatic heterocycles. The number of carboxylic acids is 1. The molecule has 0 heterocycles. The van der Waals surface area contributed by atoms with Gasteiger partial charge in [0, 0.05) is 12.8 Å². The van der Waals surface area contributed by atoms with Crippen molar-refractivity contribution in [2.75, 3.05) is 47.5 Å². The lowest BCUT2D eigenvalue weighted by Gasteiger charge is -2.25. The first-order chi connectivity index (χ1) is 38.1. The predicted octanol–water partition coefficient (Wildman–Crippen LogP) is 20.2. The molecule has 0 aliphatic rings. The third-order valence-electron chi connectivity index (χ3n) is 14.8. The highest BCUT2D eigenvalue weighted by atomic mass is 16.7. The maximum atomic E-state index is 12.9. The molecule has 0 saturated carbocycles. The first-order valence-electron chi connectivity index (χ1n) is 33.3. The number of esters is 2. The number of ether oxygens (including phenoxy) is 4. The SMILES string of the molecule is CC/C=C\C/C=C\C/C=C\C/C=C\CCCCCCCCCCCCCCCCCCCCCCCCC(=O)OC(COC(=O)CCCCCCCCCCCCCCCCCCCC)COC(OCC[N+](C)(C)C)C(=O)O. The summed E-state index contributed by atoms with van der Waals surface area (Å²) in [5.74, 6) is -1.98. The smallest absolute Gasteiger partial charge is 0.361 e. The van der Waals surface area contributed by atoms with Crippen LogP contribution in [0.2, 0.25) is 0 Å². The molecule has 0 aromatic rings. The monoisotopic (exact) mass is 1100 g/mol. The molecule has 456 valence electrons. The van der Waals surface area contributed by atoms with Gasteiger partial charge in [-0.3, -0.25) is 9.59 Å². The van der Waals surface area contributed by atoms with Gasteiger partial charge in [-0.1, -0.05) is 300 Å². The Labute approximate surface area is 482 Å². The van der Waals surface area contributed by atoms with Crippen molar-refractivity contribution in [3.8, 4) is 0 Å². The minimum Gasteiger partial charge on any atom is -0.477 e. The van der Waals surface area contributed by atoms with Gasteiger partial charge in [-0.05, 0) is 51.4 Å². The predicted molar refractivity (Wildman–Crippen MR) is 332 cm³/mol. The van der Waals surface area contributed by atoms with Crippen LogP contribution in [0.5, 0.6) is 0 Å². The molecule has 0 aliphatic carbocycles. The second-order valence-electron chi connectivity index (χ2n) is 23.8. The highest BCUT2D eigenvalue weighted by molar-refractivity contribution is 5.71. The largest absolute Gasteiger partial charge is 0.477 e. The molecule has 2 unspecified atom stereocenters. The number of carbonyl (C=O) groups is 3. The third kappa shape index (κ3) is 60.9. The molecule has 9 heteroatoms. The van der Waals surface area contributed by atoms with Crippen molar-refractivity contribution in [2.45, 2.75) is 328 Å². The molecule has 78 heavy (non-hydrogen) atoms. The second kappa shape index (κ2) is 60.3. The second-order valence-corrected chi connectivity index (χ2v) is 23.8. The number of likely N-dealkylation sites (N-methyl/N-ethyl adjacent to an activating group) is 1. The number of hydrogen-bond donors (Lipinski definition) is 1. The van der Waals surface area contributed by atoms with Gasteiger partial charge in [-0.15, -0.1) is 0 Å². The first kappa shape index (κ1) is 75.2. The zero-order chi connectivity index (χ0) is 56.9. The Morgan fingerprint density at radius 2 is 0.731 bits per heavy atom. The molecule has 0 bridgehead atoms. The van der Waals surface area contributed by atoms with E-state index in [9.17, 15) is 19.5 Å². The molecule has 9 nitrogen and oxygen atoms in total. The molecule has 0 aromatic carbocycles. The average molecular weight is 1100 g/mol. The molecular formula is C69H128NO8+. The van der Waals surface area contributed by atoms with Crippen molar-refractivity contribution in [3.05, 3.63) is 48.6 Å². The number of carbonyl (C=O) groups excluding carboxylic acids is 2. The van der Waals surface area contributed by atoms with Crippen LogP contribution in [-0.2, 0) is 33.3 Å². The zero-order valence-corrected chi connectivity index (χ0v) is 52.1. The van der Waals surface area contributed by atoms with Crippen molar-refractivity contribution >= 4 is 17.9 Å². The maximum absolute atomic E-state index is 12.9. The van der Waals surface area contributed by atoms with Crippen LogP contribution in [-0.4, -0.2) is 87.4 Å². The van der Waals surface area contributed by atoms with Crippen molar-refractivity contribution in [1.82, 2.24) is 0 Å². The van der Waals surface area contributed by atoms with Gasteiger partial charge in [-0.2, -0.15) is 0 Å². The fourth-order valence-corrected chi connectivity index (χ4v) is 9.77. The number of unbranched alkanes of at least 4 members (excludes halogenated alkanes) is 39. The van der Waals surface area contributed by atoms with Crippen LogP contribution in [0.25, 0.3) is 0 Å². The van der Waals surface area contributed by atoms with E-state index in [0.29, 0.717) is 17.4 Å². The van der Waals surface area contributed by atoms with Crippen LogP contribution < -0.4 is 0 Å². The minimum absolute atomic E-state index is 0.176. The number of allylic oxidation sites excluding steroid dienone is 8. The van der Waals surface area contributed by atoms with Gasteiger partial charge in [0.05, 0.1) is 34.4 Å². The molecule has 0 aliphatic heterocycles. The summed E-state index contributed by atoms with van der Waals surface area (Å²) in [4.78, 5) is 37.5. The van der Waals surface area contributed by atoms with Crippen LogP contribution in [0, 0.1) is 0 Å². The molecule has 2 atom stereocenters. The molecule has 0 saturated heterocycles. The van der Waals surface area contributed by atoms with E-state index in [1.165, 1.54) is 225 Å². The summed E-state index contributed by atoms with van der Waals surface area (Å²) in [6.07, 6.45) is 73.6. The lowest BCUT2D eigenvalue weighted by atomic mass is 10.0. The van der Waals surface area contributed by atoms with Crippen LogP contribution in [0.4, 0.5) is 0 Å². The maximum Gasteiger partial charge on any atom is 0.361 e. The molecule has 0 amide bonds. The van der Waals surface area contributed by atoms with Crippen LogP contribution >= 0.6 is 0 Å². The molecule has 1 N–H and O–H groups in total. The number of carboxylic acid groups (broad SMARTS) is 1. The van der Waals surface area contributed by atoms with Gasteiger partial charge >= 0.3 is 17.9 Å². The van der Waals surface area contributed by atoms with E-state index in [-0.39, 0.29) is 38.2 Å². The number of rotatable bonds is 62. The fraction of sp³-hybridized carbons (Fsp3) is 0.841. The summed E-state index contributed by atoms with van der Waals surface area (Å²) in [7, 11) is 5.98. The average Bonchev–Trinajstić information content (AvgIpc) is 3.41. The first-order valence-corrected chi connectivity index (χ1v) is 33.3. The van der Waals surface area contributed by atoms with E-state index in [4.69, 9.17) is 18.9 Å². The summed E-state index contributed by atoms with van der Waals surface area (Å²) in [6, 6.07) is 0. The lowest BCUT2D eigenvalue weighted by Crippen LogP contribution is -2.40. The Balaban J connectivity index is 4.03. The van der Waals surface area contributed by atoms with Crippen molar-refractivity contribution in [2.24, 2.45) is 0 Å². The normalized spacial score (nSPS) is 13.0. The minimum atomic E-state index is -1.51. The Bertz CT molecular complexity index is 1420. The van der Waals surface area contributed by atoms with Gasteiger partial charge in [0.15, 0.2) is 6.10 Å². The van der Waals surface area contributed by atoms with E-state index < -0.39 is 18.4 Å². The van der Waals surface area contributed by atoms with Crippen molar-refractivity contribution in [3.63, 3.8) is 0 Å². The van der Waals surface area contributed by atoms with E-state index >= 15 is 0 Å². The number of nitrogens with zero attached hydrogens (tertiary/aromatic N) is 1. The topological polar surface area (TPSA) is 108 Å². The Morgan fingerprint density at radius 1 is 0.397 bits per heavy atom. The van der Waals surface area contributed by atoms with E-state index in [2.05, 4.69) is 62.5 Å². The Morgan fingerprint density at radius 3 is 1.09 bits per heavy atom. The number of quaternary nitrogens is 1. The highest BCUT2D eigenvalue weighted by Crippen LogP contribution is 2.18. The van der Waals surface area contributed by atoms with Gasteiger partial charge in [0.1, 0.15) is 13.2 Å². The van der Waals surface area contributed by atoms with Gasteiger partial charge in [-0.25, -0.2) is 4.79 Å². The van der Waals surface area contributed by atoms with Crippen molar-refractivity contribution in [1.29, 1.82) is 0 Å². The van der Waals surface area contributed by atoms with E-state index in [1.807, 2.05) is 21.1 Å². The van der Waals surface area contributed by atoms with Crippen LogP contribution in [0.15, 0.2) is 48.6 Å². The number of aliphatic carboxylic acids is 1. The van der Waals surface area contributed by atoms with Gasteiger partial charge < -0.3 is 28.5 Å². The summed E-state index contributed by atoms with van der Waals surface area (Å²) < 4.78 is 23.0.